The van der Waals surface area contributed by atoms with Gasteiger partial charge < -0.3 is 4.74 Å². The summed E-state index contributed by atoms with van der Waals surface area (Å²) in [6, 6.07) is -0.535. The molecule has 4 nitrogen and oxygen atoms in total. The van der Waals surface area contributed by atoms with Crippen LogP contribution in [0.4, 0.5) is 0 Å². The molecule has 0 aliphatic carbocycles. The Labute approximate surface area is 78.2 Å². The van der Waals surface area contributed by atoms with Crippen LogP contribution in [0.2, 0.25) is 0 Å². The molecule has 0 spiro atoms. The van der Waals surface area contributed by atoms with Crippen molar-refractivity contribution >= 4 is 18.6 Å². The number of nitrogens with two attached hydrogens (primary N) is 1. The molecule has 0 aliphatic heterocycles. The summed E-state index contributed by atoms with van der Waals surface area (Å²) in [5.74, 6) is 5.05. The highest BCUT2D eigenvalue weighted by molar-refractivity contribution is 7.80. The van der Waals surface area contributed by atoms with Gasteiger partial charge in [0.05, 0.1) is 0 Å². The standard InChI is InChI=1S/C7H16N2O2S/c1-7(2,3)11-6(10)5(4-12)9-8/h5,9,12H,4,8H2,1-3H3/t5-/m0/s1. The molecule has 3 N–H and O–H groups in total. The van der Waals surface area contributed by atoms with Gasteiger partial charge in [0.1, 0.15) is 11.6 Å². The van der Waals surface area contributed by atoms with Gasteiger partial charge in [-0.1, -0.05) is 0 Å². The lowest BCUT2D eigenvalue weighted by atomic mass is 10.2. The molecule has 0 aliphatic rings. The van der Waals surface area contributed by atoms with Crippen molar-refractivity contribution in [3.8, 4) is 0 Å². The highest BCUT2D eigenvalue weighted by atomic mass is 32.1. The average Bonchev–Trinajstić information content (AvgIpc) is 1.85. The Morgan fingerprint density at radius 1 is 1.67 bits per heavy atom. The van der Waals surface area contributed by atoms with Gasteiger partial charge in [0.25, 0.3) is 0 Å². The second kappa shape index (κ2) is 4.69. The first-order chi connectivity index (χ1) is 5.40. The zero-order valence-electron chi connectivity index (χ0n) is 7.63. The Morgan fingerprint density at radius 2 is 2.17 bits per heavy atom. The van der Waals surface area contributed by atoms with E-state index in [4.69, 9.17) is 10.6 Å². The van der Waals surface area contributed by atoms with E-state index in [2.05, 4.69) is 18.1 Å². The number of hydrazine groups is 1. The van der Waals surface area contributed by atoms with Crippen LogP contribution in [0.3, 0.4) is 0 Å². The maximum Gasteiger partial charge on any atom is 0.325 e. The highest BCUT2D eigenvalue weighted by Gasteiger charge is 2.22. The Balaban J connectivity index is 4.02. The molecule has 1 atom stereocenters. The van der Waals surface area contributed by atoms with Crippen LogP contribution < -0.4 is 11.3 Å². The van der Waals surface area contributed by atoms with E-state index in [1.54, 1.807) is 20.8 Å². The fourth-order valence-electron chi connectivity index (χ4n) is 0.568. The van der Waals surface area contributed by atoms with Crippen molar-refractivity contribution < 1.29 is 9.53 Å². The predicted molar refractivity (Wildman–Crippen MR) is 50.8 cm³/mol. The van der Waals surface area contributed by atoms with Crippen molar-refractivity contribution in [2.75, 3.05) is 5.75 Å². The van der Waals surface area contributed by atoms with E-state index in [0.717, 1.165) is 0 Å². The fraction of sp³-hybridized carbons (Fsp3) is 0.857. The van der Waals surface area contributed by atoms with E-state index in [0.29, 0.717) is 5.75 Å². The first-order valence-corrected chi connectivity index (χ1v) is 4.34. The molecule has 0 unspecified atom stereocenters. The molecule has 0 aromatic rings. The van der Waals surface area contributed by atoms with Gasteiger partial charge in [0.2, 0.25) is 0 Å². The van der Waals surface area contributed by atoms with Crippen molar-refractivity contribution in [2.24, 2.45) is 5.84 Å². The zero-order chi connectivity index (χ0) is 9.78. The summed E-state index contributed by atoms with van der Waals surface area (Å²) < 4.78 is 5.05. The Kier molecular flexibility index (Phi) is 4.59. The molecule has 0 bridgehead atoms. The highest BCUT2D eigenvalue weighted by Crippen LogP contribution is 2.08. The molecular formula is C7H16N2O2S. The lowest BCUT2D eigenvalue weighted by Gasteiger charge is -2.22. The van der Waals surface area contributed by atoms with Crippen LogP contribution >= 0.6 is 12.6 Å². The predicted octanol–water partition coefficient (Wildman–Crippen LogP) is 0.0898. The number of carbonyl (C=O) groups is 1. The maximum absolute atomic E-state index is 11.2. The number of nitrogens with one attached hydrogen (secondary N) is 1. The summed E-state index contributed by atoms with van der Waals surface area (Å²) in [5.41, 5.74) is 1.85. The van der Waals surface area contributed by atoms with Gasteiger partial charge in [-0.15, -0.1) is 0 Å². The number of thiol groups is 1. The largest absolute Gasteiger partial charge is 0.459 e. The van der Waals surface area contributed by atoms with Crippen molar-refractivity contribution in [3.63, 3.8) is 0 Å². The van der Waals surface area contributed by atoms with Gasteiger partial charge in [-0.2, -0.15) is 12.6 Å². The number of ether oxygens (including phenoxy) is 1. The summed E-state index contributed by atoms with van der Waals surface area (Å²) in [6.45, 7) is 5.41. The monoisotopic (exact) mass is 192 g/mol. The number of rotatable bonds is 3. The lowest BCUT2D eigenvalue weighted by Crippen LogP contribution is -2.45. The van der Waals surface area contributed by atoms with Crippen molar-refractivity contribution in [3.05, 3.63) is 0 Å². The van der Waals surface area contributed by atoms with E-state index >= 15 is 0 Å². The normalized spacial score (nSPS) is 14.1. The van der Waals surface area contributed by atoms with E-state index < -0.39 is 11.6 Å². The first-order valence-electron chi connectivity index (χ1n) is 3.70. The number of hydrogen-bond acceptors (Lipinski definition) is 5. The second-order valence-electron chi connectivity index (χ2n) is 3.44. The van der Waals surface area contributed by atoms with Crippen molar-refractivity contribution in [2.45, 2.75) is 32.4 Å². The molecule has 5 heteroatoms. The third-order valence-corrected chi connectivity index (χ3v) is 1.44. The molecule has 72 valence electrons. The third-order valence-electron chi connectivity index (χ3n) is 1.08. The summed E-state index contributed by atoms with van der Waals surface area (Å²) in [4.78, 5) is 11.2. The molecule has 0 amide bonds. The average molecular weight is 192 g/mol. The van der Waals surface area contributed by atoms with E-state index in [1.165, 1.54) is 0 Å². The Morgan fingerprint density at radius 3 is 2.42 bits per heavy atom. The summed E-state index contributed by atoms with van der Waals surface area (Å²) in [6.07, 6.45) is 0. The summed E-state index contributed by atoms with van der Waals surface area (Å²) >= 11 is 3.94. The van der Waals surface area contributed by atoms with E-state index in [9.17, 15) is 4.79 Å². The second-order valence-corrected chi connectivity index (χ2v) is 3.80. The molecule has 0 aromatic heterocycles. The number of carbonyl (C=O) groups excluding carboxylic acids is 1. The van der Waals surface area contributed by atoms with Gasteiger partial charge in [-0.3, -0.25) is 10.6 Å². The van der Waals surface area contributed by atoms with Crippen LogP contribution in [0, 0.1) is 0 Å². The van der Waals surface area contributed by atoms with Gasteiger partial charge in [0, 0.05) is 5.75 Å². The van der Waals surface area contributed by atoms with Crippen LogP contribution in [0.25, 0.3) is 0 Å². The molecule has 0 rings (SSSR count). The van der Waals surface area contributed by atoms with Crippen LogP contribution in [0.1, 0.15) is 20.8 Å². The van der Waals surface area contributed by atoms with Gasteiger partial charge in [0.15, 0.2) is 0 Å². The smallest absolute Gasteiger partial charge is 0.325 e. The molecule has 0 saturated heterocycles. The minimum absolute atomic E-state index is 0.325. The van der Waals surface area contributed by atoms with E-state index in [1.807, 2.05) is 0 Å². The van der Waals surface area contributed by atoms with Crippen LogP contribution in [0.5, 0.6) is 0 Å². The van der Waals surface area contributed by atoms with Gasteiger partial charge in [-0.25, -0.2) is 5.43 Å². The fourth-order valence-corrected chi connectivity index (χ4v) is 0.823. The molecule has 12 heavy (non-hydrogen) atoms. The van der Waals surface area contributed by atoms with Gasteiger partial charge >= 0.3 is 5.97 Å². The topological polar surface area (TPSA) is 64.3 Å². The summed E-state index contributed by atoms with van der Waals surface area (Å²) in [7, 11) is 0. The molecule has 0 aromatic carbocycles. The van der Waals surface area contributed by atoms with Crippen LogP contribution in [-0.2, 0) is 9.53 Å². The SMILES string of the molecule is CC(C)(C)OC(=O)[C@H](CS)NN. The molecule has 0 radical (unpaired) electrons. The minimum atomic E-state index is -0.535. The van der Waals surface area contributed by atoms with Crippen LogP contribution in [-0.4, -0.2) is 23.4 Å². The molecule has 0 heterocycles. The van der Waals surface area contributed by atoms with Gasteiger partial charge in [-0.05, 0) is 20.8 Å². The summed E-state index contributed by atoms with van der Waals surface area (Å²) in [5, 5.41) is 0. The Hall–Kier alpha value is -0.260. The Bertz CT molecular complexity index is 152. The maximum atomic E-state index is 11.2. The number of hydrogen-bond donors (Lipinski definition) is 3. The molecule has 0 fully saturated rings. The quantitative estimate of drug-likeness (QED) is 0.257. The van der Waals surface area contributed by atoms with Crippen LogP contribution in [0.15, 0.2) is 0 Å². The third kappa shape index (κ3) is 4.58. The number of esters is 1. The van der Waals surface area contributed by atoms with Crippen molar-refractivity contribution in [1.82, 2.24) is 5.43 Å². The minimum Gasteiger partial charge on any atom is -0.459 e. The first kappa shape index (κ1) is 11.7. The van der Waals surface area contributed by atoms with E-state index in [-0.39, 0.29) is 5.97 Å². The molecule has 0 saturated carbocycles. The zero-order valence-corrected chi connectivity index (χ0v) is 8.52. The molecular weight excluding hydrogens is 176 g/mol. The van der Waals surface area contributed by atoms with Crippen molar-refractivity contribution in [1.29, 1.82) is 0 Å². The lowest BCUT2D eigenvalue weighted by molar-refractivity contribution is -0.156.